The van der Waals surface area contributed by atoms with Gasteiger partial charge in [0.25, 0.3) is 5.95 Å². The molecule has 33 heavy (non-hydrogen) atoms. The van der Waals surface area contributed by atoms with Crippen LogP contribution in [0.4, 0.5) is 10.7 Å². The second kappa shape index (κ2) is 10.8. The van der Waals surface area contributed by atoms with Crippen molar-refractivity contribution in [3.8, 4) is 11.3 Å². The number of likely N-dealkylation sites (tertiary alicyclic amines) is 1. The first-order valence-corrected chi connectivity index (χ1v) is 12.0. The summed E-state index contributed by atoms with van der Waals surface area (Å²) in [5.74, 6) is 0.0726. The fourth-order valence-corrected chi connectivity index (χ4v) is 4.31. The molecule has 1 atom stereocenters. The van der Waals surface area contributed by atoms with Crippen LogP contribution >= 0.6 is 0 Å². The smallest absolute Gasteiger partial charge is 0.411 e. The monoisotopic (exact) mass is 450 g/mol. The number of nitrogens with zero attached hydrogens (tertiary/aromatic N) is 5. The lowest BCUT2D eigenvalue weighted by molar-refractivity contribution is 0.209. The van der Waals surface area contributed by atoms with Gasteiger partial charge in [0, 0.05) is 31.2 Å². The maximum Gasteiger partial charge on any atom is 0.411 e. The number of carbonyl (C=O) groups is 1. The molecule has 0 radical (unpaired) electrons. The minimum atomic E-state index is -1.18. The SMILES string of the molecule is C1CC1.CCN(CC)C1CCN(Cc2ccc(-c3cccc4nc(NC(=O)O)nn34)cc2)C1. The molecule has 0 spiro atoms. The third-order valence-corrected chi connectivity index (χ3v) is 6.16. The van der Waals surface area contributed by atoms with Crippen LogP contribution in [0.15, 0.2) is 42.5 Å². The van der Waals surface area contributed by atoms with Crippen LogP contribution < -0.4 is 5.32 Å². The first-order chi connectivity index (χ1) is 16.1. The maximum absolute atomic E-state index is 10.9. The van der Waals surface area contributed by atoms with Crippen molar-refractivity contribution in [1.29, 1.82) is 0 Å². The Morgan fingerprint density at radius 2 is 1.85 bits per heavy atom. The number of aromatic nitrogens is 3. The molecule has 3 heterocycles. The van der Waals surface area contributed by atoms with Crippen LogP contribution in [0.2, 0.25) is 0 Å². The highest BCUT2D eigenvalue weighted by atomic mass is 16.4. The summed E-state index contributed by atoms with van der Waals surface area (Å²) in [4.78, 5) is 20.2. The lowest BCUT2D eigenvalue weighted by Gasteiger charge is -2.26. The van der Waals surface area contributed by atoms with Crippen molar-refractivity contribution in [2.24, 2.45) is 0 Å². The van der Waals surface area contributed by atoms with Crippen LogP contribution in [0.5, 0.6) is 0 Å². The van der Waals surface area contributed by atoms with Crippen molar-refractivity contribution in [2.75, 3.05) is 31.5 Å². The van der Waals surface area contributed by atoms with Crippen molar-refractivity contribution in [2.45, 2.75) is 52.1 Å². The number of fused-ring (bicyclic) bond motifs is 1. The minimum absolute atomic E-state index is 0.0726. The van der Waals surface area contributed by atoms with Gasteiger partial charge in [-0.2, -0.15) is 4.98 Å². The largest absolute Gasteiger partial charge is 0.465 e. The lowest BCUT2D eigenvalue weighted by atomic mass is 10.1. The van der Waals surface area contributed by atoms with Gasteiger partial charge in [0.2, 0.25) is 0 Å². The van der Waals surface area contributed by atoms with Crippen molar-refractivity contribution < 1.29 is 9.90 Å². The van der Waals surface area contributed by atoms with E-state index in [2.05, 4.69) is 63.3 Å². The molecule has 1 amide bonds. The number of carboxylic acid groups (broad SMARTS) is 1. The Balaban J connectivity index is 0.000000799. The standard InChI is InChI=1S/C22H28N6O2.C3H6/c1-3-27(4-2)18-12-13-26(15-18)14-16-8-10-17(11-9-16)19-6-5-7-20-23-21(24-22(29)30)25-28(19)20;1-2-3-1/h5-11,18H,3-4,12-15H2,1-2H3,(H,24,25)(H,29,30);1-3H2. The molecule has 8 nitrogen and oxygen atoms in total. The Morgan fingerprint density at radius 3 is 2.48 bits per heavy atom. The topological polar surface area (TPSA) is 86.0 Å². The van der Waals surface area contributed by atoms with Crippen molar-refractivity contribution in [1.82, 2.24) is 24.4 Å². The molecule has 1 saturated heterocycles. The van der Waals surface area contributed by atoms with Crippen molar-refractivity contribution >= 4 is 17.7 Å². The van der Waals surface area contributed by atoms with Gasteiger partial charge >= 0.3 is 6.09 Å². The summed E-state index contributed by atoms with van der Waals surface area (Å²) in [5, 5.41) is 15.4. The fraction of sp³-hybridized carbons (Fsp3) is 0.480. The second-order valence-corrected chi connectivity index (χ2v) is 8.70. The van der Waals surface area contributed by atoms with Gasteiger partial charge in [0.15, 0.2) is 5.65 Å². The number of likely N-dealkylation sites (N-methyl/N-ethyl adjacent to an activating group) is 1. The van der Waals surface area contributed by atoms with Gasteiger partial charge in [0.1, 0.15) is 0 Å². The van der Waals surface area contributed by atoms with Crippen LogP contribution in [0.1, 0.15) is 45.1 Å². The van der Waals surface area contributed by atoms with Gasteiger partial charge in [-0.15, -0.1) is 5.10 Å². The molecular formula is C25H34N6O2. The van der Waals surface area contributed by atoms with Gasteiger partial charge in [-0.25, -0.2) is 9.31 Å². The average molecular weight is 451 g/mol. The first kappa shape index (κ1) is 23.2. The number of benzene rings is 1. The van der Waals surface area contributed by atoms with Gasteiger partial charge < -0.3 is 5.11 Å². The molecule has 2 N–H and O–H groups in total. The summed E-state index contributed by atoms with van der Waals surface area (Å²) in [5.41, 5.74) is 3.77. The zero-order valence-electron chi connectivity index (χ0n) is 19.6. The van der Waals surface area contributed by atoms with E-state index >= 15 is 0 Å². The molecule has 8 heteroatoms. The predicted octanol–water partition coefficient (Wildman–Crippen LogP) is 4.57. The van der Waals surface area contributed by atoms with E-state index in [1.54, 1.807) is 10.6 Å². The van der Waals surface area contributed by atoms with Crippen LogP contribution in [-0.4, -0.2) is 67.8 Å². The van der Waals surface area contributed by atoms with Crippen LogP contribution in [0, 0.1) is 0 Å². The predicted molar refractivity (Wildman–Crippen MR) is 131 cm³/mol. The summed E-state index contributed by atoms with van der Waals surface area (Å²) >= 11 is 0. The average Bonchev–Trinajstić information content (AvgIpc) is 3.53. The van der Waals surface area contributed by atoms with Crippen LogP contribution in [-0.2, 0) is 6.54 Å². The molecule has 5 rings (SSSR count). The van der Waals surface area contributed by atoms with E-state index in [1.807, 2.05) is 12.1 Å². The van der Waals surface area contributed by atoms with E-state index in [-0.39, 0.29) is 5.95 Å². The van der Waals surface area contributed by atoms with E-state index in [0.29, 0.717) is 11.7 Å². The van der Waals surface area contributed by atoms with Crippen molar-refractivity contribution in [3.05, 3.63) is 48.0 Å². The third kappa shape index (κ3) is 6.09. The normalized spacial score (nSPS) is 17.7. The summed E-state index contributed by atoms with van der Waals surface area (Å²) in [6.45, 7) is 9.92. The maximum atomic E-state index is 10.9. The zero-order chi connectivity index (χ0) is 23.2. The Kier molecular flexibility index (Phi) is 7.57. The molecule has 2 aromatic heterocycles. The zero-order valence-corrected chi connectivity index (χ0v) is 19.6. The highest BCUT2D eigenvalue weighted by Gasteiger charge is 2.25. The lowest BCUT2D eigenvalue weighted by Crippen LogP contribution is -2.37. The minimum Gasteiger partial charge on any atom is -0.465 e. The summed E-state index contributed by atoms with van der Waals surface area (Å²) < 4.78 is 1.66. The summed E-state index contributed by atoms with van der Waals surface area (Å²) in [7, 11) is 0. The van der Waals surface area contributed by atoms with Crippen molar-refractivity contribution in [3.63, 3.8) is 0 Å². The van der Waals surface area contributed by atoms with Crippen LogP contribution in [0.25, 0.3) is 16.9 Å². The molecule has 1 unspecified atom stereocenters. The van der Waals surface area contributed by atoms with E-state index < -0.39 is 6.09 Å². The van der Waals surface area contributed by atoms with E-state index in [4.69, 9.17) is 5.11 Å². The van der Waals surface area contributed by atoms with Gasteiger partial charge in [-0.05, 0) is 37.2 Å². The summed E-state index contributed by atoms with van der Waals surface area (Å²) in [6, 6.07) is 14.8. The van der Waals surface area contributed by atoms with Gasteiger partial charge in [-0.1, -0.05) is 63.4 Å². The molecule has 1 aliphatic carbocycles. The molecule has 176 valence electrons. The quantitative estimate of drug-likeness (QED) is 0.548. The molecule has 2 fully saturated rings. The first-order valence-electron chi connectivity index (χ1n) is 12.0. The van der Waals surface area contributed by atoms with Gasteiger partial charge in [-0.3, -0.25) is 15.1 Å². The highest BCUT2D eigenvalue weighted by Crippen LogP contribution is 2.23. The Labute approximate surface area is 195 Å². The van der Waals surface area contributed by atoms with E-state index in [9.17, 15) is 4.79 Å². The fourth-order valence-electron chi connectivity index (χ4n) is 4.31. The number of rotatable bonds is 7. The molecule has 0 bridgehead atoms. The number of pyridine rings is 1. The molecule has 3 aromatic rings. The third-order valence-electron chi connectivity index (χ3n) is 6.16. The van der Waals surface area contributed by atoms with E-state index in [0.717, 1.165) is 44.0 Å². The molecule has 1 saturated carbocycles. The number of anilines is 1. The number of hydrogen-bond acceptors (Lipinski definition) is 5. The Hall–Kier alpha value is -2.97. The molecule has 1 aromatic carbocycles. The number of nitrogens with one attached hydrogen (secondary N) is 1. The second-order valence-electron chi connectivity index (χ2n) is 8.70. The molecular weight excluding hydrogens is 416 g/mol. The molecule has 2 aliphatic rings. The van der Waals surface area contributed by atoms with E-state index in [1.165, 1.54) is 31.2 Å². The summed E-state index contributed by atoms with van der Waals surface area (Å²) in [6.07, 6.45) is 4.56. The Morgan fingerprint density at radius 1 is 1.12 bits per heavy atom. The highest BCUT2D eigenvalue weighted by molar-refractivity contribution is 5.80. The van der Waals surface area contributed by atoms with Crippen LogP contribution in [0.3, 0.4) is 0 Å². The molecule has 1 aliphatic heterocycles. The van der Waals surface area contributed by atoms with Gasteiger partial charge in [0.05, 0.1) is 5.69 Å². The Bertz CT molecular complexity index is 1060. The number of amides is 1. The number of hydrogen-bond donors (Lipinski definition) is 2.